The molecule has 178 valence electrons. The van der Waals surface area contributed by atoms with Crippen molar-refractivity contribution < 1.29 is 35.5 Å². The van der Waals surface area contributed by atoms with Crippen LogP contribution in [0.4, 0.5) is 30.7 Å². The molecule has 33 heavy (non-hydrogen) atoms. The molecule has 2 aromatic carbocycles. The van der Waals surface area contributed by atoms with E-state index in [1.807, 2.05) is 0 Å². The number of benzene rings is 2. The van der Waals surface area contributed by atoms with E-state index in [9.17, 15) is 8.78 Å². The molecule has 1 nitrogen and oxygen atoms in total. The van der Waals surface area contributed by atoms with Crippen molar-refractivity contribution in [2.45, 2.75) is 57.0 Å². The Morgan fingerprint density at radius 3 is 2.12 bits per heavy atom. The van der Waals surface area contributed by atoms with E-state index in [1.165, 1.54) is 12.1 Å². The van der Waals surface area contributed by atoms with Crippen LogP contribution < -0.4 is 0 Å². The largest absolute Gasteiger partial charge is 0.369 e. The van der Waals surface area contributed by atoms with Gasteiger partial charge in [0.15, 0.2) is 0 Å². The minimum atomic E-state index is -4.96. The summed E-state index contributed by atoms with van der Waals surface area (Å²) in [4.78, 5) is 0. The Morgan fingerprint density at radius 1 is 0.909 bits per heavy atom. The molecule has 2 aromatic rings. The summed E-state index contributed by atoms with van der Waals surface area (Å²) in [5.74, 6) is -12.8. The molecule has 0 saturated heterocycles. The lowest BCUT2D eigenvalue weighted by Gasteiger charge is -2.36. The fraction of sp³-hybridized carbons (Fsp3) is 0.440. The van der Waals surface area contributed by atoms with Gasteiger partial charge in [-0.25, -0.2) is 8.78 Å². The van der Waals surface area contributed by atoms with Gasteiger partial charge in [-0.15, -0.1) is 0 Å². The second-order valence-electron chi connectivity index (χ2n) is 8.44. The van der Waals surface area contributed by atoms with Crippen molar-refractivity contribution >= 4 is 0 Å². The molecule has 0 N–H and O–H groups in total. The van der Waals surface area contributed by atoms with Crippen LogP contribution >= 0.6 is 0 Å². The quantitative estimate of drug-likeness (QED) is 0.307. The number of aryl methyl sites for hydroxylation is 1. The molecule has 0 amide bonds. The average Bonchev–Trinajstić information content (AvgIpc) is 2.78. The highest BCUT2D eigenvalue weighted by Gasteiger charge is 2.65. The average molecular weight is 472 g/mol. The molecule has 1 unspecified atom stereocenters. The van der Waals surface area contributed by atoms with Crippen LogP contribution in [0.25, 0.3) is 11.1 Å². The lowest BCUT2D eigenvalue weighted by molar-refractivity contribution is -0.228. The highest BCUT2D eigenvalue weighted by atomic mass is 19.3. The summed E-state index contributed by atoms with van der Waals surface area (Å²) < 4.78 is 109. The first-order chi connectivity index (χ1) is 15.6. The van der Waals surface area contributed by atoms with Crippen LogP contribution in [0.1, 0.15) is 61.0 Å². The molecule has 1 aliphatic heterocycles. The van der Waals surface area contributed by atoms with Gasteiger partial charge in [0, 0.05) is 5.56 Å². The van der Waals surface area contributed by atoms with Crippen LogP contribution in [-0.4, -0.2) is 13.3 Å². The van der Waals surface area contributed by atoms with Crippen LogP contribution in [0, 0.1) is 11.6 Å². The number of hydrogen-bond acceptors (Lipinski definition) is 1. The van der Waals surface area contributed by atoms with Crippen molar-refractivity contribution in [2.24, 2.45) is 0 Å². The minimum absolute atomic E-state index is 0.0714. The lowest BCUT2D eigenvalue weighted by atomic mass is 9.77. The van der Waals surface area contributed by atoms with E-state index in [2.05, 4.69) is 0 Å². The van der Waals surface area contributed by atoms with Crippen molar-refractivity contribution in [3.05, 3.63) is 69.8 Å². The molecule has 0 radical (unpaired) electrons. The molecule has 0 fully saturated rings. The van der Waals surface area contributed by atoms with Crippen LogP contribution in [0.2, 0.25) is 0 Å². The minimum Gasteiger partial charge on any atom is -0.369 e. The fourth-order valence-corrected chi connectivity index (χ4v) is 4.59. The van der Waals surface area contributed by atoms with Gasteiger partial charge in [0.05, 0.1) is 30.5 Å². The van der Waals surface area contributed by atoms with E-state index < -0.39 is 58.5 Å². The molecule has 1 atom stereocenters. The Kier molecular flexibility index (Phi) is 6.33. The van der Waals surface area contributed by atoms with Gasteiger partial charge in [0.1, 0.15) is 11.6 Å². The van der Waals surface area contributed by atoms with E-state index in [4.69, 9.17) is 4.74 Å². The van der Waals surface area contributed by atoms with E-state index in [1.54, 1.807) is 13.0 Å². The molecule has 4 rings (SSSR count). The van der Waals surface area contributed by atoms with Crippen molar-refractivity contribution in [3.8, 4) is 11.1 Å². The first-order valence-corrected chi connectivity index (χ1v) is 10.9. The monoisotopic (exact) mass is 472 g/mol. The molecule has 0 aromatic heterocycles. The van der Waals surface area contributed by atoms with Crippen molar-refractivity contribution in [1.29, 1.82) is 0 Å². The third-order valence-electron chi connectivity index (χ3n) is 6.29. The summed E-state index contributed by atoms with van der Waals surface area (Å²) in [5.41, 5.74) is -3.29. The van der Waals surface area contributed by atoms with Crippen LogP contribution in [-0.2, 0) is 23.0 Å². The molecule has 0 spiro atoms. The molecule has 1 aliphatic carbocycles. The van der Waals surface area contributed by atoms with Gasteiger partial charge in [-0.2, -0.15) is 17.6 Å². The number of fused-ring (bicyclic) bond motifs is 3. The summed E-state index contributed by atoms with van der Waals surface area (Å²) in [7, 11) is 0. The smallest absolute Gasteiger partial charge is 0.343 e. The summed E-state index contributed by atoms with van der Waals surface area (Å²) >= 11 is 0. The molecule has 0 saturated carbocycles. The van der Waals surface area contributed by atoms with Gasteiger partial charge in [0.25, 0.3) is 0 Å². The highest BCUT2D eigenvalue weighted by Crippen LogP contribution is 2.59. The first kappa shape index (κ1) is 23.8. The summed E-state index contributed by atoms with van der Waals surface area (Å²) in [6, 6.07) is 4.78. The van der Waals surface area contributed by atoms with Gasteiger partial charge in [-0.3, -0.25) is 4.39 Å². The molecule has 2 aliphatic rings. The van der Waals surface area contributed by atoms with Crippen LogP contribution in [0.3, 0.4) is 0 Å². The Bertz CT molecular complexity index is 1090. The normalized spacial score (nSPS) is 20.7. The predicted octanol–water partition coefficient (Wildman–Crippen LogP) is 7.92. The maximum absolute atomic E-state index is 15.4. The lowest BCUT2D eigenvalue weighted by Crippen LogP contribution is -2.41. The highest BCUT2D eigenvalue weighted by molar-refractivity contribution is 5.77. The zero-order chi connectivity index (χ0) is 24.0. The van der Waals surface area contributed by atoms with Crippen molar-refractivity contribution in [1.82, 2.24) is 0 Å². The van der Waals surface area contributed by atoms with Gasteiger partial charge >= 0.3 is 11.8 Å². The molecular formula is C25H23F7O. The molecular weight excluding hydrogens is 449 g/mol. The van der Waals surface area contributed by atoms with Gasteiger partial charge in [-0.1, -0.05) is 43.7 Å². The van der Waals surface area contributed by atoms with Crippen LogP contribution in [0.5, 0.6) is 0 Å². The van der Waals surface area contributed by atoms with E-state index in [-0.39, 0.29) is 30.6 Å². The molecule has 1 heterocycles. The number of alkyl halides is 5. The third-order valence-corrected chi connectivity index (χ3v) is 6.29. The van der Waals surface area contributed by atoms with Gasteiger partial charge < -0.3 is 4.74 Å². The first-order valence-electron chi connectivity index (χ1n) is 10.9. The third kappa shape index (κ3) is 3.76. The fourth-order valence-electron chi connectivity index (χ4n) is 4.59. The molecule has 8 heteroatoms. The zero-order valence-electron chi connectivity index (χ0n) is 18.0. The van der Waals surface area contributed by atoms with E-state index >= 15 is 22.0 Å². The van der Waals surface area contributed by atoms with Gasteiger partial charge in [0.2, 0.25) is 0 Å². The van der Waals surface area contributed by atoms with Gasteiger partial charge in [-0.05, 0) is 47.9 Å². The Balaban J connectivity index is 1.81. The summed E-state index contributed by atoms with van der Waals surface area (Å²) in [6.45, 7) is 1.29. The van der Waals surface area contributed by atoms with Crippen molar-refractivity contribution in [3.63, 3.8) is 0 Å². The number of hydrogen-bond donors (Lipinski definition) is 0. The zero-order valence-corrected chi connectivity index (χ0v) is 18.0. The number of ether oxygens (including phenoxy) is 1. The van der Waals surface area contributed by atoms with E-state index in [0.717, 1.165) is 17.7 Å². The second kappa shape index (κ2) is 8.78. The van der Waals surface area contributed by atoms with Crippen molar-refractivity contribution in [2.75, 3.05) is 13.3 Å². The maximum Gasteiger partial charge on any atom is 0.343 e. The second-order valence-corrected chi connectivity index (χ2v) is 8.44. The standard InChI is InChI=1S/C25H23F7O/c1-2-4-15-7-8-16-17-9-10-18(19-11-6-14(13-33-19)5-3-12-26)23(28)21(17)25(31,32)24(29,30)20(16)22(15)27/h6-10,19H,2-5,11-13H2,1H3. The topological polar surface area (TPSA) is 9.23 Å². The predicted molar refractivity (Wildman–Crippen MR) is 110 cm³/mol. The SMILES string of the molecule is CCCc1ccc2c(c1F)C(F)(F)C(F)(F)c1c-2ccc(C2CC=C(CCCF)CO2)c1F. The Labute approximate surface area is 187 Å². The number of rotatable bonds is 6. The number of halogens is 7. The summed E-state index contributed by atoms with van der Waals surface area (Å²) in [6.07, 6.45) is 2.25. The molecule has 0 bridgehead atoms. The Morgan fingerprint density at radius 2 is 1.55 bits per heavy atom. The van der Waals surface area contributed by atoms with E-state index in [0.29, 0.717) is 19.3 Å². The maximum atomic E-state index is 15.4. The Hall–Kier alpha value is -2.35. The van der Waals surface area contributed by atoms with Crippen LogP contribution in [0.15, 0.2) is 35.9 Å². The summed E-state index contributed by atoms with van der Waals surface area (Å²) in [5, 5.41) is 0.